The lowest BCUT2D eigenvalue weighted by molar-refractivity contribution is -0.133. The first-order valence-electron chi connectivity index (χ1n) is 7.47. The van der Waals surface area contributed by atoms with Crippen molar-refractivity contribution in [2.75, 3.05) is 6.61 Å². The number of rotatable bonds is 2. The third-order valence-corrected chi connectivity index (χ3v) is 5.21. The standard InChI is InChI=1S/C17H22O3/c1-5-19-15-14-11(3)16(18)20-13(14)9-12-8-6-7-10(2)17(12,15)4/h8-10,15H,5-7H2,1-4H3/t10-,15-,17+/m0/s1. The molecule has 0 bridgehead atoms. The van der Waals surface area contributed by atoms with E-state index in [1.54, 1.807) is 0 Å². The van der Waals surface area contributed by atoms with E-state index in [4.69, 9.17) is 9.47 Å². The third kappa shape index (κ3) is 1.65. The van der Waals surface area contributed by atoms with E-state index in [1.807, 2.05) is 13.8 Å². The van der Waals surface area contributed by atoms with Gasteiger partial charge in [0.15, 0.2) is 0 Å². The van der Waals surface area contributed by atoms with Crippen molar-refractivity contribution < 1.29 is 14.3 Å². The summed E-state index contributed by atoms with van der Waals surface area (Å²) in [7, 11) is 0. The monoisotopic (exact) mass is 274 g/mol. The summed E-state index contributed by atoms with van der Waals surface area (Å²) < 4.78 is 11.5. The van der Waals surface area contributed by atoms with Gasteiger partial charge in [-0.05, 0) is 44.3 Å². The molecule has 0 N–H and O–H groups in total. The van der Waals surface area contributed by atoms with Crippen LogP contribution in [0.3, 0.4) is 0 Å². The Kier molecular flexibility index (Phi) is 3.13. The topological polar surface area (TPSA) is 35.5 Å². The van der Waals surface area contributed by atoms with Crippen LogP contribution in [0.1, 0.15) is 40.5 Å². The van der Waals surface area contributed by atoms with Crippen molar-refractivity contribution in [2.24, 2.45) is 11.3 Å². The molecule has 108 valence electrons. The Morgan fingerprint density at radius 3 is 2.95 bits per heavy atom. The molecular formula is C17H22O3. The Morgan fingerprint density at radius 1 is 1.50 bits per heavy atom. The fraction of sp³-hybridized carbons (Fsp3) is 0.588. The summed E-state index contributed by atoms with van der Waals surface area (Å²) in [6.07, 6.45) is 6.49. The molecule has 1 aliphatic heterocycles. The normalized spacial score (nSPS) is 36.1. The number of allylic oxidation sites excluding steroid dienone is 2. The molecule has 0 aromatic carbocycles. The Bertz CT molecular complexity index is 553. The number of carbonyl (C=O) groups excluding carboxylic acids is 1. The minimum absolute atomic E-state index is 0.0671. The van der Waals surface area contributed by atoms with Gasteiger partial charge in [-0.1, -0.05) is 19.9 Å². The van der Waals surface area contributed by atoms with Gasteiger partial charge in [-0.3, -0.25) is 0 Å². The molecule has 3 nitrogen and oxygen atoms in total. The van der Waals surface area contributed by atoms with Crippen LogP contribution in [0.15, 0.2) is 34.6 Å². The molecule has 3 rings (SSSR count). The SMILES string of the molecule is CCO[C@H]1C2=C(C)C(=O)OC2=CC2=CCC[C@H](C)[C@]21C. The summed E-state index contributed by atoms with van der Waals surface area (Å²) in [6, 6.07) is 0. The van der Waals surface area contributed by atoms with E-state index in [2.05, 4.69) is 26.0 Å². The number of fused-ring (bicyclic) bond motifs is 2. The first kappa shape index (κ1) is 13.6. The number of carbonyl (C=O) groups is 1. The highest BCUT2D eigenvalue weighted by Gasteiger charge is 2.51. The maximum atomic E-state index is 11.9. The molecule has 20 heavy (non-hydrogen) atoms. The van der Waals surface area contributed by atoms with Gasteiger partial charge in [0.05, 0.1) is 6.10 Å². The zero-order valence-electron chi connectivity index (χ0n) is 12.7. The zero-order chi connectivity index (χ0) is 14.5. The predicted molar refractivity (Wildman–Crippen MR) is 76.9 cm³/mol. The highest BCUT2D eigenvalue weighted by Crippen LogP contribution is 2.54. The lowest BCUT2D eigenvalue weighted by atomic mass is 9.59. The molecule has 0 aromatic rings. The Morgan fingerprint density at radius 2 is 2.25 bits per heavy atom. The summed E-state index contributed by atoms with van der Waals surface area (Å²) in [6.45, 7) is 9.03. The molecule has 3 atom stereocenters. The van der Waals surface area contributed by atoms with Crippen LogP contribution in [0.25, 0.3) is 0 Å². The van der Waals surface area contributed by atoms with E-state index < -0.39 is 0 Å². The van der Waals surface area contributed by atoms with Gasteiger partial charge in [-0.2, -0.15) is 0 Å². The molecule has 0 unspecified atom stereocenters. The molecule has 0 fully saturated rings. The lowest BCUT2D eigenvalue weighted by Crippen LogP contribution is -2.46. The number of hydrogen-bond acceptors (Lipinski definition) is 3. The molecule has 0 amide bonds. The molecule has 2 aliphatic carbocycles. The summed E-state index contributed by atoms with van der Waals surface area (Å²) in [5, 5.41) is 0. The van der Waals surface area contributed by atoms with E-state index in [-0.39, 0.29) is 17.5 Å². The van der Waals surface area contributed by atoms with Gasteiger partial charge >= 0.3 is 5.97 Å². The molecule has 0 saturated heterocycles. The quantitative estimate of drug-likeness (QED) is 0.723. The van der Waals surface area contributed by atoms with Gasteiger partial charge in [0.1, 0.15) is 5.76 Å². The molecule has 1 heterocycles. The second-order valence-electron chi connectivity index (χ2n) is 6.19. The maximum Gasteiger partial charge on any atom is 0.339 e. The summed E-state index contributed by atoms with van der Waals surface area (Å²) in [4.78, 5) is 11.9. The van der Waals surface area contributed by atoms with Crippen molar-refractivity contribution in [1.82, 2.24) is 0 Å². The molecule has 3 aliphatic rings. The summed E-state index contributed by atoms with van der Waals surface area (Å²) in [5.74, 6) is 0.989. The first-order valence-corrected chi connectivity index (χ1v) is 7.47. The van der Waals surface area contributed by atoms with Crippen molar-refractivity contribution in [3.63, 3.8) is 0 Å². The predicted octanol–water partition coefficient (Wildman–Crippen LogP) is 3.52. The zero-order valence-corrected chi connectivity index (χ0v) is 12.7. The first-order chi connectivity index (χ1) is 9.50. The van der Waals surface area contributed by atoms with Crippen molar-refractivity contribution >= 4 is 5.97 Å². The highest BCUT2D eigenvalue weighted by atomic mass is 16.5. The van der Waals surface area contributed by atoms with Gasteiger partial charge in [0, 0.05) is 23.2 Å². The molecule has 0 radical (unpaired) electrons. The van der Waals surface area contributed by atoms with Gasteiger partial charge in [-0.15, -0.1) is 0 Å². The number of hydrogen-bond donors (Lipinski definition) is 0. The van der Waals surface area contributed by atoms with Crippen molar-refractivity contribution in [2.45, 2.75) is 46.6 Å². The average molecular weight is 274 g/mol. The minimum Gasteiger partial charge on any atom is -0.423 e. The van der Waals surface area contributed by atoms with E-state index in [1.165, 1.54) is 5.57 Å². The number of esters is 1. The molecule has 3 heteroatoms. The smallest absolute Gasteiger partial charge is 0.339 e. The van der Waals surface area contributed by atoms with Gasteiger partial charge < -0.3 is 9.47 Å². The Balaban J connectivity index is 2.20. The van der Waals surface area contributed by atoms with E-state index in [0.29, 0.717) is 23.9 Å². The third-order valence-electron chi connectivity index (χ3n) is 5.21. The largest absolute Gasteiger partial charge is 0.423 e. The van der Waals surface area contributed by atoms with Gasteiger partial charge in [-0.25, -0.2) is 4.79 Å². The Labute approximate surface area is 120 Å². The van der Waals surface area contributed by atoms with E-state index in [9.17, 15) is 4.79 Å². The van der Waals surface area contributed by atoms with Crippen LogP contribution in [0, 0.1) is 11.3 Å². The van der Waals surface area contributed by atoms with Crippen LogP contribution in [0.2, 0.25) is 0 Å². The highest BCUT2D eigenvalue weighted by molar-refractivity contribution is 5.94. The molecular weight excluding hydrogens is 252 g/mol. The second-order valence-corrected chi connectivity index (χ2v) is 6.19. The van der Waals surface area contributed by atoms with Crippen molar-refractivity contribution in [3.05, 3.63) is 34.6 Å². The average Bonchev–Trinajstić information content (AvgIpc) is 2.68. The van der Waals surface area contributed by atoms with Gasteiger partial charge in [0.25, 0.3) is 0 Å². The summed E-state index contributed by atoms with van der Waals surface area (Å²) in [5.41, 5.74) is 2.86. The fourth-order valence-electron chi connectivity index (χ4n) is 3.74. The maximum absolute atomic E-state index is 11.9. The van der Waals surface area contributed by atoms with Crippen LogP contribution in [-0.2, 0) is 14.3 Å². The van der Waals surface area contributed by atoms with Crippen LogP contribution >= 0.6 is 0 Å². The van der Waals surface area contributed by atoms with Gasteiger partial charge in [0.2, 0.25) is 0 Å². The van der Waals surface area contributed by atoms with Crippen LogP contribution in [0.4, 0.5) is 0 Å². The van der Waals surface area contributed by atoms with E-state index in [0.717, 1.165) is 18.4 Å². The summed E-state index contributed by atoms with van der Waals surface area (Å²) >= 11 is 0. The van der Waals surface area contributed by atoms with Crippen LogP contribution in [-0.4, -0.2) is 18.7 Å². The molecule has 0 aromatic heterocycles. The second kappa shape index (κ2) is 4.59. The van der Waals surface area contributed by atoms with E-state index >= 15 is 0 Å². The van der Waals surface area contributed by atoms with Crippen molar-refractivity contribution in [3.8, 4) is 0 Å². The van der Waals surface area contributed by atoms with Crippen LogP contribution < -0.4 is 0 Å². The Hall–Kier alpha value is -1.35. The fourth-order valence-corrected chi connectivity index (χ4v) is 3.74. The number of ether oxygens (including phenoxy) is 2. The lowest BCUT2D eigenvalue weighted by Gasteiger charge is -2.48. The molecule has 0 saturated carbocycles. The minimum atomic E-state index is -0.230. The molecule has 0 spiro atoms. The van der Waals surface area contributed by atoms with Crippen molar-refractivity contribution in [1.29, 1.82) is 0 Å². The van der Waals surface area contributed by atoms with Crippen LogP contribution in [0.5, 0.6) is 0 Å².